The minimum atomic E-state index is 0.864. The van der Waals surface area contributed by atoms with Crippen molar-refractivity contribution in [3.8, 4) is 0 Å². The highest BCUT2D eigenvalue weighted by atomic mass is 15.1. The molecular weight excluding hydrogens is 222 g/mol. The van der Waals surface area contributed by atoms with Crippen molar-refractivity contribution in [2.75, 3.05) is 46.0 Å². The van der Waals surface area contributed by atoms with Gasteiger partial charge in [-0.15, -0.1) is 0 Å². The third-order valence-electron chi connectivity index (χ3n) is 3.19. The predicted octanol–water partition coefficient (Wildman–Crippen LogP) is 2.08. The molecule has 0 aliphatic heterocycles. The molecule has 0 heterocycles. The Hall–Kier alpha value is -1.06. The van der Waals surface area contributed by atoms with Gasteiger partial charge in [0.15, 0.2) is 0 Å². The van der Waals surface area contributed by atoms with E-state index in [-0.39, 0.29) is 0 Å². The van der Waals surface area contributed by atoms with Crippen LogP contribution in [0.15, 0.2) is 24.3 Å². The SMILES string of the molecule is CCN(CCCN(C)C)CCc1cccc(N)c1. The minimum Gasteiger partial charge on any atom is -0.399 e. The van der Waals surface area contributed by atoms with E-state index in [2.05, 4.69) is 43.0 Å². The van der Waals surface area contributed by atoms with Crippen molar-refractivity contribution < 1.29 is 0 Å². The van der Waals surface area contributed by atoms with E-state index >= 15 is 0 Å². The van der Waals surface area contributed by atoms with Crippen LogP contribution in [0.5, 0.6) is 0 Å². The van der Waals surface area contributed by atoms with Gasteiger partial charge >= 0.3 is 0 Å². The first-order chi connectivity index (χ1) is 8.61. The van der Waals surface area contributed by atoms with Crippen molar-refractivity contribution in [1.29, 1.82) is 0 Å². The van der Waals surface area contributed by atoms with Crippen molar-refractivity contribution in [3.63, 3.8) is 0 Å². The van der Waals surface area contributed by atoms with Crippen LogP contribution < -0.4 is 5.73 Å². The number of nitrogens with two attached hydrogens (primary N) is 1. The highest BCUT2D eigenvalue weighted by Crippen LogP contribution is 2.08. The van der Waals surface area contributed by atoms with Crippen LogP contribution in [0.4, 0.5) is 5.69 Å². The standard InChI is InChI=1S/C15H27N3/c1-4-18(11-6-10-17(2)3)12-9-14-7-5-8-15(16)13-14/h5,7-8,13H,4,6,9-12,16H2,1-3H3. The second-order valence-electron chi connectivity index (χ2n) is 5.09. The lowest BCUT2D eigenvalue weighted by Crippen LogP contribution is -2.29. The quantitative estimate of drug-likeness (QED) is 0.716. The van der Waals surface area contributed by atoms with Gasteiger partial charge in [-0.1, -0.05) is 19.1 Å². The van der Waals surface area contributed by atoms with Crippen LogP contribution >= 0.6 is 0 Å². The lowest BCUT2D eigenvalue weighted by atomic mass is 10.1. The Balaban J connectivity index is 2.30. The highest BCUT2D eigenvalue weighted by molar-refractivity contribution is 5.40. The molecule has 18 heavy (non-hydrogen) atoms. The fourth-order valence-corrected chi connectivity index (χ4v) is 2.07. The van der Waals surface area contributed by atoms with Crippen molar-refractivity contribution in [2.24, 2.45) is 0 Å². The summed E-state index contributed by atoms with van der Waals surface area (Å²) in [7, 11) is 4.26. The molecule has 0 unspecified atom stereocenters. The molecule has 1 aromatic rings. The van der Waals surface area contributed by atoms with Crippen molar-refractivity contribution >= 4 is 5.69 Å². The molecule has 0 radical (unpaired) electrons. The van der Waals surface area contributed by atoms with E-state index in [0.717, 1.165) is 31.7 Å². The van der Waals surface area contributed by atoms with Gasteiger partial charge in [0.25, 0.3) is 0 Å². The first-order valence-corrected chi connectivity index (χ1v) is 6.83. The second-order valence-corrected chi connectivity index (χ2v) is 5.09. The van der Waals surface area contributed by atoms with Gasteiger partial charge in [0, 0.05) is 12.2 Å². The van der Waals surface area contributed by atoms with Crippen LogP contribution in [0.3, 0.4) is 0 Å². The van der Waals surface area contributed by atoms with E-state index in [4.69, 9.17) is 5.73 Å². The molecule has 0 bridgehead atoms. The Morgan fingerprint density at radius 2 is 1.89 bits per heavy atom. The Kier molecular flexibility index (Phi) is 6.76. The fraction of sp³-hybridized carbons (Fsp3) is 0.600. The van der Waals surface area contributed by atoms with E-state index in [9.17, 15) is 0 Å². The molecule has 0 aliphatic carbocycles. The molecule has 0 saturated heterocycles. The molecule has 1 rings (SSSR count). The third-order valence-corrected chi connectivity index (χ3v) is 3.19. The Morgan fingerprint density at radius 3 is 2.50 bits per heavy atom. The molecule has 0 fully saturated rings. The van der Waals surface area contributed by atoms with Gasteiger partial charge < -0.3 is 15.5 Å². The average molecular weight is 249 g/mol. The van der Waals surface area contributed by atoms with E-state index in [1.54, 1.807) is 0 Å². The fourth-order valence-electron chi connectivity index (χ4n) is 2.07. The molecule has 0 atom stereocenters. The van der Waals surface area contributed by atoms with Gasteiger partial charge in [-0.05, 0) is 64.3 Å². The Morgan fingerprint density at radius 1 is 1.11 bits per heavy atom. The molecule has 0 spiro atoms. The summed E-state index contributed by atoms with van der Waals surface area (Å²) in [5, 5.41) is 0. The molecule has 0 amide bonds. The Bertz CT molecular complexity index is 336. The third kappa shape index (κ3) is 6.03. The smallest absolute Gasteiger partial charge is 0.0316 e. The summed E-state index contributed by atoms with van der Waals surface area (Å²) in [5.41, 5.74) is 7.99. The molecule has 2 N–H and O–H groups in total. The average Bonchev–Trinajstić information content (AvgIpc) is 2.33. The van der Waals surface area contributed by atoms with Gasteiger partial charge in [-0.3, -0.25) is 0 Å². The number of anilines is 1. The topological polar surface area (TPSA) is 32.5 Å². The van der Waals surface area contributed by atoms with Crippen LogP contribution in [-0.4, -0.2) is 50.1 Å². The highest BCUT2D eigenvalue weighted by Gasteiger charge is 2.03. The Labute approximate surface area is 112 Å². The number of hydrogen-bond acceptors (Lipinski definition) is 3. The maximum Gasteiger partial charge on any atom is 0.0316 e. The first-order valence-electron chi connectivity index (χ1n) is 6.83. The summed E-state index contributed by atoms with van der Waals surface area (Å²) in [6.07, 6.45) is 2.32. The summed E-state index contributed by atoms with van der Waals surface area (Å²) in [6.45, 7) is 6.81. The predicted molar refractivity (Wildman–Crippen MR) is 79.8 cm³/mol. The number of hydrogen-bond donors (Lipinski definition) is 1. The lowest BCUT2D eigenvalue weighted by Gasteiger charge is -2.21. The van der Waals surface area contributed by atoms with Crippen molar-refractivity contribution in [2.45, 2.75) is 19.8 Å². The zero-order chi connectivity index (χ0) is 13.4. The molecule has 3 heteroatoms. The number of rotatable bonds is 8. The number of nitrogen functional groups attached to an aromatic ring is 1. The molecule has 0 saturated carbocycles. The van der Waals surface area contributed by atoms with Gasteiger partial charge in [0.2, 0.25) is 0 Å². The van der Waals surface area contributed by atoms with Gasteiger partial charge in [0.05, 0.1) is 0 Å². The molecule has 0 aliphatic rings. The zero-order valence-corrected chi connectivity index (χ0v) is 12.0. The molecule has 0 aromatic heterocycles. The maximum absolute atomic E-state index is 5.79. The second kappa shape index (κ2) is 8.11. The zero-order valence-electron chi connectivity index (χ0n) is 12.0. The molecular formula is C15H27N3. The van der Waals surface area contributed by atoms with Crippen LogP contribution in [-0.2, 0) is 6.42 Å². The van der Waals surface area contributed by atoms with Crippen LogP contribution in [0, 0.1) is 0 Å². The summed E-state index contributed by atoms with van der Waals surface area (Å²) in [6, 6.07) is 8.21. The van der Waals surface area contributed by atoms with Crippen LogP contribution in [0.1, 0.15) is 18.9 Å². The monoisotopic (exact) mass is 249 g/mol. The van der Waals surface area contributed by atoms with E-state index in [0.29, 0.717) is 0 Å². The van der Waals surface area contributed by atoms with Crippen molar-refractivity contribution in [3.05, 3.63) is 29.8 Å². The number of nitrogens with zero attached hydrogens (tertiary/aromatic N) is 2. The van der Waals surface area contributed by atoms with Gasteiger partial charge in [-0.2, -0.15) is 0 Å². The summed E-state index contributed by atoms with van der Waals surface area (Å²) in [5.74, 6) is 0. The van der Waals surface area contributed by atoms with E-state index < -0.39 is 0 Å². The number of likely N-dealkylation sites (N-methyl/N-ethyl adjacent to an activating group) is 1. The summed E-state index contributed by atoms with van der Waals surface area (Å²) in [4.78, 5) is 4.75. The molecule has 102 valence electrons. The van der Waals surface area contributed by atoms with Crippen LogP contribution in [0.2, 0.25) is 0 Å². The number of benzene rings is 1. The maximum atomic E-state index is 5.79. The van der Waals surface area contributed by atoms with E-state index in [1.807, 2.05) is 12.1 Å². The largest absolute Gasteiger partial charge is 0.399 e. The summed E-state index contributed by atoms with van der Waals surface area (Å²) < 4.78 is 0. The van der Waals surface area contributed by atoms with E-state index in [1.165, 1.54) is 18.5 Å². The lowest BCUT2D eigenvalue weighted by molar-refractivity contribution is 0.269. The summed E-state index contributed by atoms with van der Waals surface area (Å²) >= 11 is 0. The van der Waals surface area contributed by atoms with Crippen LogP contribution in [0.25, 0.3) is 0 Å². The molecule has 3 nitrogen and oxygen atoms in total. The van der Waals surface area contributed by atoms with Crippen molar-refractivity contribution in [1.82, 2.24) is 9.80 Å². The van der Waals surface area contributed by atoms with Gasteiger partial charge in [-0.25, -0.2) is 0 Å². The minimum absolute atomic E-state index is 0.864. The normalized spacial score (nSPS) is 11.4. The van der Waals surface area contributed by atoms with Gasteiger partial charge in [0.1, 0.15) is 0 Å². The molecule has 1 aromatic carbocycles. The first kappa shape index (κ1) is 15.0.